The highest BCUT2D eigenvalue weighted by atomic mass is 16.4. The second-order valence-corrected chi connectivity index (χ2v) is 4.74. The van der Waals surface area contributed by atoms with Gasteiger partial charge in [0, 0.05) is 11.6 Å². The van der Waals surface area contributed by atoms with Gasteiger partial charge in [0.1, 0.15) is 12.2 Å². The SMILES string of the molecule is Cc1coc(CC(=O)O)c1C(=O)NC1CC=CCC1. The average molecular weight is 263 g/mol. The molecule has 1 aromatic rings. The fourth-order valence-electron chi connectivity index (χ4n) is 2.25. The second kappa shape index (κ2) is 5.73. The number of aryl methyl sites for hydroxylation is 1. The molecule has 1 aliphatic rings. The monoisotopic (exact) mass is 263 g/mol. The van der Waals surface area contributed by atoms with E-state index < -0.39 is 5.97 Å². The van der Waals surface area contributed by atoms with Crippen molar-refractivity contribution < 1.29 is 19.1 Å². The first kappa shape index (κ1) is 13.4. The third-order valence-electron chi connectivity index (χ3n) is 3.19. The van der Waals surface area contributed by atoms with Crippen LogP contribution in [0.5, 0.6) is 0 Å². The average Bonchev–Trinajstić information content (AvgIpc) is 2.71. The lowest BCUT2D eigenvalue weighted by Gasteiger charge is -2.19. The number of hydrogen-bond acceptors (Lipinski definition) is 3. The van der Waals surface area contributed by atoms with Gasteiger partial charge in [-0.25, -0.2) is 0 Å². The molecule has 0 saturated carbocycles. The largest absolute Gasteiger partial charge is 0.481 e. The first-order valence-electron chi connectivity index (χ1n) is 6.32. The Morgan fingerprint density at radius 2 is 2.26 bits per heavy atom. The van der Waals surface area contributed by atoms with Gasteiger partial charge in [-0.15, -0.1) is 0 Å². The molecule has 1 atom stereocenters. The molecule has 1 heterocycles. The number of carboxylic acids is 1. The van der Waals surface area contributed by atoms with Crippen LogP contribution in [0, 0.1) is 6.92 Å². The molecule has 0 bridgehead atoms. The zero-order valence-corrected chi connectivity index (χ0v) is 10.8. The molecule has 1 unspecified atom stereocenters. The number of carbonyl (C=O) groups excluding carboxylic acids is 1. The fraction of sp³-hybridized carbons (Fsp3) is 0.429. The van der Waals surface area contributed by atoms with E-state index in [2.05, 4.69) is 17.5 Å². The smallest absolute Gasteiger partial charge is 0.311 e. The molecule has 0 radical (unpaired) electrons. The van der Waals surface area contributed by atoms with E-state index in [1.165, 1.54) is 6.26 Å². The van der Waals surface area contributed by atoms with Gasteiger partial charge in [0.05, 0.1) is 11.8 Å². The quantitative estimate of drug-likeness (QED) is 0.815. The maximum absolute atomic E-state index is 12.2. The minimum Gasteiger partial charge on any atom is -0.481 e. The van der Waals surface area contributed by atoms with E-state index in [0.717, 1.165) is 19.3 Å². The molecular formula is C14H17NO4. The maximum Gasteiger partial charge on any atom is 0.311 e. The molecular weight excluding hydrogens is 246 g/mol. The Balaban J connectivity index is 2.11. The van der Waals surface area contributed by atoms with Crippen LogP contribution in [-0.4, -0.2) is 23.0 Å². The van der Waals surface area contributed by atoms with Crippen molar-refractivity contribution in [1.29, 1.82) is 0 Å². The molecule has 0 aromatic carbocycles. The van der Waals surface area contributed by atoms with E-state index in [0.29, 0.717) is 11.1 Å². The van der Waals surface area contributed by atoms with Crippen molar-refractivity contribution in [3.05, 3.63) is 35.3 Å². The van der Waals surface area contributed by atoms with Gasteiger partial charge in [-0.05, 0) is 26.2 Å². The number of carbonyl (C=O) groups is 2. The van der Waals surface area contributed by atoms with Gasteiger partial charge < -0.3 is 14.8 Å². The second-order valence-electron chi connectivity index (χ2n) is 4.74. The van der Waals surface area contributed by atoms with Crippen LogP contribution in [0.2, 0.25) is 0 Å². The third kappa shape index (κ3) is 3.24. The van der Waals surface area contributed by atoms with Gasteiger partial charge in [0.25, 0.3) is 5.91 Å². The number of carboxylic acid groups (broad SMARTS) is 1. The van der Waals surface area contributed by atoms with Gasteiger partial charge >= 0.3 is 5.97 Å². The standard InChI is InChI=1S/C14H17NO4/c1-9-8-19-11(7-12(16)17)13(9)14(18)15-10-5-3-2-4-6-10/h2-3,8,10H,4-7H2,1H3,(H,15,18)(H,16,17). The molecule has 2 rings (SSSR count). The summed E-state index contributed by atoms with van der Waals surface area (Å²) in [5, 5.41) is 11.7. The fourth-order valence-corrected chi connectivity index (χ4v) is 2.25. The van der Waals surface area contributed by atoms with Gasteiger partial charge in [0.15, 0.2) is 0 Å². The van der Waals surface area contributed by atoms with Crippen molar-refractivity contribution >= 4 is 11.9 Å². The Morgan fingerprint density at radius 1 is 1.47 bits per heavy atom. The van der Waals surface area contributed by atoms with Crippen molar-refractivity contribution in [2.45, 2.75) is 38.6 Å². The Bertz CT molecular complexity index is 516. The van der Waals surface area contributed by atoms with Crippen LogP contribution in [0.3, 0.4) is 0 Å². The van der Waals surface area contributed by atoms with Crippen molar-refractivity contribution in [3.63, 3.8) is 0 Å². The highest BCUT2D eigenvalue weighted by Crippen LogP contribution is 2.19. The maximum atomic E-state index is 12.2. The van der Waals surface area contributed by atoms with E-state index >= 15 is 0 Å². The number of nitrogens with one attached hydrogen (secondary N) is 1. The summed E-state index contributed by atoms with van der Waals surface area (Å²) in [6, 6.07) is 0.115. The summed E-state index contributed by atoms with van der Waals surface area (Å²) < 4.78 is 5.16. The molecule has 5 heteroatoms. The van der Waals surface area contributed by atoms with Crippen molar-refractivity contribution in [3.8, 4) is 0 Å². The van der Waals surface area contributed by atoms with Crippen molar-refractivity contribution in [2.24, 2.45) is 0 Å². The van der Waals surface area contributed by atoms with Crippen molar-refractivity contribution in [2.75, 3.05) is 0 Å². The lowest BCUT2D eigenvalue weighted by atomic mass is 10.0. The van der Waals surface area contributed by atoms with E-state index in [9.17, 15) is 9.59 Å². The molecule has 102 valence electrons. The van der Waals surface area contributed by atoms with Crippen LogP contribution >= 0.6 is 0 Å². The Kier molecular flexibility index (Phi) is 4.04. The molecule has 1 amide bonds. The number of hydrogen-bond donors (Lipinski definition) is 2. The first-order chi connectivity index (χ1) is 9.08. The van der Waals surface area contributed by atoms with Gasteiger partial charge in [-0.2, -0.15) is 0 Å². The first-order valence-corrected chi connectivity index (χ1v) is 6.32. The zero-order chi connectivity index (χ0) is 13.8. The minimum absolute atomic E-state index is 0.115. The lowest BCUT2D eigenvalue weighted by Crippen LogP contribution is -2.35. The zero-order valence-electron chi connectivity index (χ0n) is 10.8. The molecule has 19 heavy (non-hydrogen) atoms. The predicted molar refractivity (Wildman–Crippen MR) is 69.0 cm³/mol. The summed E-state index contributed by atoms with van der Waals surface area (Å²) in [5.74, 6) is -1.04. The summed E-state index contributed by atoms with van der Waals surface area (Å²) in [7, 11) is 0. The van der Waals surface area contributed by atoms with Crippen LogP contribution in [-0.2, 0) is 11.2 Å². The Hall–Kier alpha value is -2.04. The van der Waals surface area contributed by atoms with Crippen LogP contribution in [0.4, 0.5) is 0 Å². The third-order valence-corrected chi connectivity index (χ3v) is 3.19. The number of rotatable bonds is 4. The molecule has 1 aromatic heterocycles. The summed E-state index contributed by atoms with van der Waals surface area (Å²) in [4.78, 5) is 23.0. The Labute approximate surface area is 111 Å². The van der Waals surface area contributed by atoms with Crippen LogP contribution in [0.25, 0.3) is 0 Å². The van der Waals surface area contributed by atoms with Gasteiger partial charge in [-0.3, -0.25) is 9.59 Å². The molecule has 0 spiro atoms. The number of allylic oxidation sites excluding steroid dienone is 1. The van der Waals surface area contributed by atoms with Crippen molar-refractivity contribution in [1.82, 2.24) is 5.32 Å². The summed E-state index contributed by atoms with van der Waals surface area (Å²) in [6.45, 7) is 1.74. The molecule has 2 N–H and O–H groups in total. The topological polar surface area (TPSA) is 79.5 Å². The van der Waals surface area contributed by atoms with E-state index in [4.69, 9.17) is 9.52 Å². The van der Waals surface area contributed by atoms with Crippen LogP contribution < -0.4 is 5.32 Å². The normalized spacial score (nSPS) is 18.3. The highest BCUT2D eigenvalue weighted by Gasteiger charge is 2.22. The Morgan fingerprint density at radius 3 is 2.89 bits per heavy atom. The molecule has 0 aliphatic heterocycles. The summed E-state index contributed by atoms with van der Waals surface area (Å²) in [5.41, 5.74) is 1.03. The summed E-state index contributed by atoms with van der Waals surface area (Å²) >= 11 is 0. The highest BCUT2D eigenvalue weighted by molar-refractivity contribution is 5.97. The minimum atomic E-state index is -1.01. The van der Waals surface area contributed by atoms with Gasteiger partial charge in [0.2, 0.25) is 0 Å². The summed E-state index contributed by atoms with van der Waals surface area (Å²) in [6.07, 6.45) is 7.98. The van der Waals surface area contributed by atoms with Gasteiger partial charge in [-0.1, -0.05) is 12.2 Å². The molecule has 0 saturated heterocycles. The molecule has 5 nitrogen and oxygen atoms in total. The van der Waals surface area contributed by atoms with Crippen LogP contribution in [0.1, 0.15) is 40.9 Å². The predicted octanol–water partition coefficient (Wildman–Crippen LogP) is 2.05. The molecule has 0 fully saturated rings. The number of amides is 1. The van der Waals surface area contributed by atoms with E-state index in [-0.39, 0.29) is 24.1 Å². The number of furan rings is 1. The number of aliphatic carboxylic acids is 1. The van der Waals surface area contributed by atoms with Crippen LogP contribution in [0.15, 0.2) is 22.8 Å². The van der Waals surface area contributed by atoms with E-state index in [1.807, 2.05) is 0 Å². The van der Waals surface area contributed by atoms with E-state index in [1.54, 1.807) is 6.92 Å². The lowest BCUT2D eigenvalue weighted by molar-refractivity contribution is -0.136. The molecule has 1 aliphatic carbocycles.